The van der Waals surface area contributed by atoms with Gasteiger partial charge in [-0.15, -0.1) is 0 Å². The average Bonchev–Trinajstić information content (AvgIpc) is 3.64. The highest BCUT2D eigenvalue weighted by Crippen LogP contribution is 2.33. The van der Waals surface area contributed by atoms with Gasteiger partial charge in [0.15, 0.2) is 11.5 Å². The Morgan fingerprint density at radius 2 is 1.95 bits per heavy atom. The van der Waals surface area contributed by atoms with Crippen molar-refractivity contribution in [2.45, 2.75) is 13.2 Å². The van der Waals surface area contributed by atoms with Crippen molar-refractivity contribution in [3.05, 3.63) is 87.0 Å². The monoisotopic (exact) mass is 521 g/mol. The number of carbonyl (C=O) groups excluding carboxylic acids is 3. The first-order chi connectivity index (χ1) is 18.3. The Hall–Kier alpha value is -5.33. The molecule has 3 aromatic rings. The zero-order valence-electron chi connectivity index (χ0n) is 19.8. The number of imide groups is 1. The SMILES string of the molecule is COC(=O)c1ccc(CN2C(=O)N/C(=C\c3cc([N+](=O)[O-])ccc3OCc3ccc4c(c3)OCO4)C2=O)o1. The van der Waals surface area contributed by atoms with E-state index in [1.807, 2.05) is 0 Å². The van der Waals surface area contributed by atoms with Crippen molar-refractivity contribution in [2.75, 3.05) is 13.9 Å². The molecule has 1 fully saturated rings. The molecular weight excluding hydrogens is 502 g/mol. The maximum atomic E-state index is 13.0. The van der Waals surface area contributed by atoms with Crippen LogP contribution in [0.4, 0.5) is 10.5 Å². The molecule has 3 heterocycles. The van der Waals surface area contributed by atoms with Crippen LogP contribution in [0.2, 0.25) is 0 Å². The Balaban J connectivity index is 1.37. The predicted molar refractivity (Wildman–Crippen MR) is 127 cm³/mol. The molecule has 194 valence electrons. The molecule has 13 heteroatoms. The summed E-state index contributed by atoms with van der Waals surface area (Å²) in [5, 5.41) is 13.8. The van der Waals surface area contributed by atoms with Crippen LogP contribution in [0.5, 0.6) is 17.2 Å². The number of carbonyl (C=O) groups is 3. The van der Waals surface area contributed by atoms with Crippen LogP contribution in [0.3, 0.4) is 0 Å². The fraction of sp³-hybridized carbons (Fsp3) is 0.160. The molecule has 5 rings (SSSR count). The summed E-state index contributed by atoms with van der Waals surface area (Å²) in [5.74, 6) is 0.143. The number of urea groups is 1. The lowest BCUT2D eigenvalue weighted by Crippen LogP contribution is -2.30. The minimum Gasteiger partial charge on any atom is -0.488 e. The van der Waals surface area contributed by atoms with Gasteiger partial charge >= 0.3 is 12.0 Å². The molecule has 3 amide bonds. The molecule has 0 saturated carbocycles. The lowest BCUT2D eigenvalue weighted by molar-refractivity contribution is -0.384. The molecule has 13 nitrogen and oxygen atoms in total. The van der Waals surface area contributed by atoms with E-state index in [1.54, 1.807) is 18.2 Å². The lowest BCUT2D eigenvalue weighted by Gasteiger charge is -2.11. The number of nitrogens with one attached hydrogen (secondary N) is 1. The Labute approximate surface area is 214 Å². The van der Waals surface area contributed by atoms with E-state index in [0.717, 1.165) is 10.5 Å². The largest absolute Gasteiger partial charge is 0.488 e. The first-order valence-corrected chi connectivity index (χ1v) is 11.1. The number of nitro groups is 1. The first-order valence-electron chi connectivity index (χ1n) is 11.1. The molecule has 0 unspecified atom stereocenters. The van der Waals surface area contributed by atoms with Gasteiger partial charge in [-0.2, -0.15) is 0 Å². The second-order valence-corrected chi connectivity index (χ2v) is 8.09. The number of fused-ring (bicyclic) bond motifs is 1. The van der Waals surface area contributed by atoms with Crippen molar-refractivity contribution in [1.82, 2.24) is 10.2 Å². The fourth-order valence-corrected chi connectivity index (χ4v) is 3.79. The number of nitrogens with zero attached hydrogens (tertiary/aromatic N) is 2. The summed E-state index contributed by atoms with van der Waals surface area (Å²) in [4.78, 5) is 48.7. The van der Waals surface area contributed by atoms with Crippen LogP contribution in [-0.2, 0) is 22.7 Å². The molecule has 1 N–H and O–H groups in total. The second kappa shape index (κ2) is 9.97. The third kappa shape index (κ3) is 4.84. The zero-order chi connectivity index (χ0) is 26.8. The molecule has 1 saturated heterocycles. The number of hydrogen-bond acceptors (Lipinski definition) is 10. The van der Waals surface area contributed by atoms with Gasteiger partial charge in [-0.25, -0.2) is 9.59 Å². The van der Waals surface area contributed by atoms with Gasteiger partial charge in [-0.05, 0) is 42.0 Å². The number of amides is 3. The second-order valence-electron chi connectivity index (χ2n) is 8.09. The maximum Gasteiger partial charge on any atom is 0.373 e. The number of nitro benzene ring substituents is 1. The van der Waals surface area contributed by atoms with Crippen LogP contribution in [-0.4, -0.2) is 41.6 Å². The van der Waals surface area contributed by atoms with E-state index >= 15 is 0 Å². The summed E-state index contributed by atoms with van der Waals surface area (Å²) >= 11 is 0. The number of methoxy groups -OCH3 is 1. The van der Waals surface area contributed by atoms with Gasteiger partial charge in [-0.3, -0.25) is 19.8 Å². The van der Waals surface area contributed by atoms with Gasteiger partial charge in [0.1, 0.15) is 23.8 Å². The van der Waals surface area contributed by atoms with E-state index in [1.165, 1.54) is 43.5 Å². The normalized spacial score (nSPS) is 15.1. The van der Waals surface area contributed by atoms with Crippen LogP contribution in [0, 0.1) is 10.1 Å². The molecule has 2 aromatic carbocycles. The molecule has 0 atom stereocenters. The third-order valence-electron chi connectivity index (χ3n) is 5.66. The molecule has 2 aliphatic rings. The van der Waals surface area contributed by atoms with Crippen molar-refractivity contribution in [3.8, 4) is 17.2 Å². The fourth-order valence-electron chi connectivity index (χ4n) is 3.79. The molecule has 0 radical (unpaired) electrons. The highest BCUT2D eigenvalue weighted by molar-refractivity contribution is 6.14. The Bertz CT molecular complexity index is 1490. The summed E-state index contributed by atoms with van der Waals surface area (Å²) in [6.45, 7) is -0.0255. The van der Waals surface area contributed by atoms with Crippen LogP contribution in [0.1, 0.15) is 27.4 Å². The molecule has 38 heavy (non-hydrogen) atoms. The highest BCUT2D eigenvalue weighted by atomic mass is 16.7. The third-order valence-corrected chi connectivity index (χ3v) is 5.66. The smallest absolute Gasteiger partial charge is 0.373 e. The van der Waals surface area contributed by atoms with Crippen LogP contribution >= 0.6 is 0 Å². The summed E-state index contributed by atoms with van der Waals surface area (Å²) < 4.78 is 26.5. The predicted octanol–water partition coefficient (Wildman–Crippen LogP) is 3.38. The minimum absolute atomic E-state index is 0.0776. The highest BCUT2D eigenvalue weighted by Gasteiger charge is 2.34. The number of ether oxygens (including phenoxy) is 4. The Morgan fingerprint density at radius 1 is 1.13 bits per heavy atom. The minimum atomic E-state index is -0.731. The summed E-state index contributed by atoms with van der Waals surface area (Å²) in [6, 6.07) is 11.3. The number of non-ortho nitro benzene ring substituents is 1. The summed E-state index contributed by atoms with van der Waals surface area (Å²) in [5.41, 5.74) is 0.610. The first kappa shape index (κ1) is 24.4. The number of benzene rings is 2. The van der Waals surface area contributed by atoms with Gasteiger partial charge in [0.2, 0.25) is 12.6 Å². The van der Waals surface area contributed by atoms with E-state index < -0.39 is 22.8 Å². The van der Waals surface area contributed by atoms with Gasteiger partial charge < -0.3 is 28.7 Å². The molecule has 0 aliphatic carbocycles. The number of esters is 1. The quantitative estimate of drug-likeness (QED) is 0.153. The summed E-state index contributed by atoms with van der Waals surface area (Å²) in [7, 11) is 1.19. The van der Waals surface area contributed by atoms with Crippen molar-refractivity contribution >= 4 is 29.7 Å². The molecular formula is C25H19N3O10. The summed E-state index contributed by atoms with van der Waals surface area (Å²) in [6.07, 6.45) is 1.30. The number of furan rings is 1. The van der Waals surface area contributed by atoms with Crippen molar-refractivity contribution in [1.29, 1.82) is 0 Å². The topological polar surface area (TPSA) is 160 Å². The molecule has 0 bridgehead atoms. The van der Waals surface area contributed by atoms with E-state index in [9.17, 15) is 24.5 Å². The van der Waals surface area contributed by atoms with Crippen molar-refractivity contribution in [2.24, 2.45) is 0 Å². The number of hydrogen-bond donors (Lipinski definition) is 1. The van der Waals surface area contributed by atoms with Crippen molar-refractivity contribution < 1.29 is 42.7 Å². The maximum absolute atomic E-state index is 13.0. The van der Waals surface area contributed by atoms with Gasteiger partial charge in [0, 0.05) is 17.7 Å². The van der Waals surface area contributed by atoms with Gasteiger partial charge in [0.05, 0.1) is 18.6 Å². The average molecular weight is 521 g/mol. The van der Waals surface area contributed by atoms with E-state index in [0.29, 0.717) is 11.5 Å². The van der Waals surface area contributed by atoms with Crippen LogP contribution in [0.25, 0.3) is 6.08 Å². The van der Waals surface area contributed by atoms with Crippen LogP contribution < -0.4 is 19.5 Å². The zero-order valence-corrected chi connectivity index (χ0v) is 19.8. The van der Waals surface area contributed by atoms with E-state index in [4.69, 9.17) is 18.6 Å². The van der Waals surface area contributed by atoms with Gasteiger partial charge in [0.25, 0.3) is 11.6 Å². The van der Waals surface area contributed by atoms with Crippen molar-refractivity contribution in [3.63, 3.8) is 0 Å². The molecule has 0 spiro atoms. The van der Waals surface area contributed by atoms with Crippen LogP contribution in [0.15, 0.2) is 58.6 Å². The number of rotatable bonds is 8. The Kier molecular flexibility index (Phi) is 6.39. The lowest BCUT2D eigenvalue weighted by atomic mass is 10.1. The standard InChI is InChI=1S/C25H19N3O10/c1-34-24(30)21-7-4-17(38-21)11-27-23(29)18(26-25(27)31)10-15-9-16(28(32)33)3-6-19(15)35-12-14-2-5-20-22(8-14)37-13-36-20/h2-10H,11-13H2,1H3,(H,26,31)/b18-10-. The van der Waals surface area contributed by atoms with Gasteiger partial charge in [-0.1, -0.05) is 6.07 Å². The van der Waals surface area contributed by atoms with E-state index in [-0.39, 0.29) is 54.2 Å². The van der Waals surface area contributed by atoms with E-state index in [2.05, 4.69) is 10.1 Å². The Morgan fingerprint density at radius 3 is 2.74 bits per heavy atom. The molecule has 1 aromatic heterocycles. The molecule has 2 aliphatic heterocycles.